The molecule has 2 aromatic carbocycles. The maximum atomic E-state index is 13.7. The van der Waals surface area contributed by atoms with Gasteiger partial charge in [-0.1, -0.05) is 30.3 Å². The molecule has 0 saturated carbocycles. The van der Waals surface area contributed by atoms with Gasteiger partial charge in [0.25, 0.3) is 0 Å². The van der Waals surface area contributed by atoms with Gasteiger partial charge in [-0.15, -0.1) is 0 Å². The number of amides is 4. The Morgan fingerprint density at radius 3 is 2.52 bits per heavy atom. The van der Waals surface area contributed by atoms with E-state index in [0.717, 1.165) is 11.1 Å². The summed E-state index contributed by atoms with van der Waals surface area (Å²) in [5.74, 6) is -3.05. The van der Waals surface area contributed by atoms with Gasteiger partial charge in [-0.2, -0.15) is 0 Å². The number of imide groups is 1. The van der Waals surface area contributed by atoms with E-state index < -0.39 is 47.0 Å². The minimum atomic E-state index is -1.44. The van der Waals surface area contributed by atoms with Crippen LogP contribution in [0.5, 0.6) is 5.75 Å². The number of ether oxygens (including phenoxy) is 1. The van der Waals surface area contributed by atoms with Crippen molar-refractivity contribution in [2.24, 2.45) is 17.6 Å². The minimum absolute atomic E-state index is 0.0658. The zero-order valence-corrected chi connectivity index (χ0v) is 18.3. The van der Waals surface area contributed by atoms with Crippen molar-refractivity contribution in [3.63, 3.8) is 0 Å². The number of hydrogen-bond donors (Lipinski definition) is 3. The van der Waals surface area contributed by atoms with E-state index in [1.165, 1.54) is 4.90 Å². The molecule has 0 aliphatic carbocycles. The van der Waals surface area contributed by atoms with Crippen LogP contribution in [-0.2, 0) is 31.3 Å². The fourth-order valence-electron chi connectivity index (χ4n) is 5.50. The third-order valence-electron chi connectivity index (χ3n) is 6.97. The van der Waals surface area contributed by atoms with Crippen molar-refractivity contribution in [3.05, 3.63) is 59.2 Å². The number of methoxy groups -OCH3 is 1. The average molecular weight is 448 g/mol. The van der Waals surface area contributed by atoms with Crippen molar-refractivity contribution in [1.82, 2.24) is 10.2 Å². The number of aryl methyl sites for hydroxylation is 1. The third-order valence-corrected chi connectivity index (χ3v) is 6.97. The van der Waals surface area contributed by atoms with Gasteiger partial charge in [0.15, 0.2) is 0 Å². The fraction of sp³-hybridized carbons (Fsp3) is 0.333. The lowest BCUT2D eigenvalue weighted by atomic mass is 9.76. The Bertz CT molecular complexity index is 1190. The SMILES string of the molecule is COc1ccc(CN2C(=O)[C@H]3[C@@H](C2=O)[C@@]2(N[C@@H]3CC(N)=O)C(=O)Nc3c(C)cccc32)cc1. The Kier molecular flexibility index (Phi) is 4.75. The number of carbonyl (C=O) groups excluding carboxylic acids is 4. The first-order valence-corrected chi connectivity index (χ1v) is 10.7. The van der Waals surface area contributed by atoms with Gasteiger partial charge in [-0.25, -0.2) is 0 Å². The molecule has 1 spiro atoms. The Morgan fingerprint density at radius 1 is 1.12 bits per heavy atom. The number of nitrogens with zero attached hydrogens (tertiary/aromatic N) is 1. The smallest absolute Gasteiger partial charge is 0.250 e. The normalized spacial score (nSPS) is 27.6. The standard InChI is InChI=1S/C24H24N4O5/c1-12-4-3-5-15-20(12)26-23(32)24(15)19-18(16(27-24)10-17(25)29)21(30)28(22(19)31)11-13-6-8-14(33-2)9-7-13/h3-9,16,18-19,27H,10-11H2,1-2H3,(H2,25,29)(H,26,32)/t16-,18-,19+,24-/m1/s1. The Hall–Kier alpha value is -3.72. The van der Waals surface area contributed by atoms with Crippen LogP contribution in [0.1, 0.15) is 23.1 Å². The molecular weight excluding hydrogens is 424 g/mol. The summed E-state index contributed by atoms with van der Waals surface area (Å²) in [7, 11) is 1.56. The van der Waals surface area contributed by atoms with Gasteiger partial charge < -0.3 is 15.8 Å². The lowest BCUT2D eigenvalue weighted by molar-refractivity contribution is -0.143. The predicted octanol–water partition coefficient (Wildman–Crippen LogP) is 0.800. The number of carbonyl (C=O) groups is 4. The zero-order chi connectivity index (χ0) is 23.5. The van der Waals surface area contributed by atoms with Crippen LogP contribution in [0, 0.1) is 18.8 Å². The second-order valence-electron chi connectivity index (χ2n) is 8.80. The molecular formula is C24H24N4O5. The van der Waals surface area contributed by atoms with Crippen LogP contribution in [0.3, 0.4) is 0 Å². The Labute approximate surface area is 190 Å². The molecule has 0 radical (unpaired) electrons. The van der Waals surface area contributed by atoms with E-state index in [-0.39, 0.29) is 13.0 Å². The number of nitrogens with two attached hydrogens (primary N) is 1. The molecule has 4 N–H and O–H groups in total. The molecule has 0 aromatic heterocycles. The van der Waals surface area contributed by atoms with Crippen molar-refractivity contribution >= 4 is 29.3 Å². The van der Waals surface area contributed by atoms with Crippen LogP contribution >= 0.6 is 0 Å². The first-order valence-electron chi connectivity index (χ1n) is 10.7. The number of anilines is 1. The number of benzene rings is 2. The molecule has 2 fully saturated rings. The number of para-hydroxylation sites is 1. The van der Waals surface area contributed by atoms with Gasteiger partial charge in [0.05, 0.1) is 25.5 Å². The van der Waals surface area contributed by atoms with Crippen molar-refractivity contribution in [1.29, 1.82) is 0 Å². The summed E-state index contributed by atoms with van der Waals surface area (Å²) in [4.78, 5) is 53.6. The second kappa shape index (κ2) is 7.41. The summed E-state index contributed by atoms with van der Waals surface area (Å²) in [6.07, 6.45) is -0.160. The van der Waals surface area contributed by atoms with Crippen LogP contribution in [-0.4, -0.2) is 41.7 Å². The highest BCUT2D eigenvalue weighted by Gasteiger charge is 2.70. The largest absolute Gasteiger partial charge is 0.497 e. The van der Waals surface area contributed by atoms with Gasteiger partial charge in [-0.3, -0.25) is 29.4 Å². The van der Waals surface area contributed by atoms with E-state index >= 15 is 0 Å². The van der Waals surface area contributed by atoms with Crippen molar-refractivity contribution in [3.8, 4) is 5.75 Å². The maximum absolute atomic E-state index is 13.7. The first-order chi connectivity index (χ1) is 15.8. The monoisotopic (exact) mass is 448 g/mol. The second-order valence-corrected chi connectivity index (χ2v) is 8.80. The quantitative estimate of drug-likeness (QED) is 0.580. The average Bonchev–Trinajstić information content (AvgIpc) is 3.35. The van der Waals surface area contributed by atoms with E-state index in [1.54, 1.807) is 37.4 Å². The summed E-state index contributed by atoms with van der Waals surface area (Å²) < 4.78 is 5.17. The number of rotatable bonds is 5. The minimum Gasteiger partial charge on any atom is -0.497 e. The van der Waals surface area contributed by atoms with Crippen molar-refractivity contribution in [2.45, 2.75) is 31.5 Å². The molecule has 4 atom stereocenters. The maximum Gasteiger partial charge on any atom is 0.250 e. The molecule has 2 saturated heterocycles. The van der Waals surface area contributed by atoms with Crippen LogP contribution in [0.4, 0.5) is 5.69 Å². The molecule has 170 valence electrons. The van der Waals surface area contributed by atoms with Crippen molar-refractivity contribution in [2.75, 3.05) is 12.4 Å². The number of fused-ring (bicyclic) bond motifs is 4. The summed E-state index contributed by atoms with van der Waals surface area (Å²) in [5.41, 5.74) is 6.86. The van der Waals surface area contributed by atoms with Gasteiger partial charge in [0, 0.05) is 23.7 Å². The molecule has 5 rings (SSSR count). The molecule has 4 amide bonds. The predicted molar refractivity (Wildman–Crippen MR) is 118 cm³/mol. The third kappa shape index (κ3) is 2.96. The molecule has 0 bridgehead atoms. The van der Waals surface area contributed by atoms with E-state index in [1.807, 2.05) is 19.1 Å². The molecule has 3 aliphatic rings. The summed E-state index contributed by atoms with van der Waals surface area (Å²) >= 11 is 0. The van der Waals surface area contributed by atoms with Crippen molar-refractivity contribution < 1.29 is 23.9 Å². The van der Waals surface area contributed by atoms with E-state index in [9.17, 15) is 19.2 Å². The molecule has 9 heteroatoms. The highest BCUT2D eigenvalue weighted by Crippen LogP contribution is 2.54. The molecule has 9 nitrogen and oxygen atoms in total. The highest BCUT2D eigenvalue weighted by molar-refractivity contribution is 6.15. The first kappa shape index (κ1) is 21.1. The van der Waals surface area contributed by atoms with Crippen LogP contribution in [0.15, 0.2) is 42.5 Å². The summed E-state index contributed by atoms with van der Waals surface area (Å²) in [6, 6.07) is 11.8. The lowest BCUT2D eigenvalue weighted by Crippen LogP contribution is -2.53. The molecule has 2 aromatic rings. The number of likely N-dealkylation sites (tertiary alicyclic amines) is 1. The number of primary amides is 1. The van der Waals surface area contributed by atoms with Gasteiger partial charge in [0.1, 0.15) is 11.3 Å². The molecule has 3 heterocycles. The summed E-state index contributed by atoms with van der Waals surface area (Å²) in [6.45, 7) is 1.93. The van der Waals surface area contributed by atoms with E-state index in [4.69, 9.17) is 10.5 Å². The van der Waals surface area contributed by atoms with Gasteiger partial charge >= 0.3 is 0 Å². The van der Waals surface area contributed by atoms with E-state index in [0.29, 0.717) is 17.0 Å². The molecule has 0 unspecified atom stereocenters. The summed E-state index contributed by atoms with van der Waals surface area (Å²) in [5, 5.41) is 6.08. The number of nitrogens with one attached hydrogen (secondary N) is 2. The Morgan fingerprint density at radius 2 is 1.85 bits per heavy atom. The lowest BCUT2D eigenvalue weighted by Gasteiger charge is -2.29. The highest BCUT2D eigenvalue weighted by atomic mass is 16.5. The Balaban J connectivity index is 1.58. The molecule has 33 heavy (non-hydrogen) atoms. The molecule has 3 aliphatic heterocycles. The van der Waals surface area contributed by atoms with Gasteiger partial charge in [0.2, 0.25) is 23.6 Å². The zero-order valence-electron chi connectivity index (χ0n) is 18.3. The van der Waals surface area contributed by atoms with Gasteiger partial charge in [-0.05, 0) is 30.2 Å². The van der Waals surface area contributed by atoms with Crippen LogP contribution < -0.4 is 21.1 Å². The van der Waals surface area contributed by atoms with Crippen LogP contribution in [0.25, 0.3) is 0 Å². The number of hydrogen-bond acceptors (Lipinski definition) is 6. The van der Waals surface area contributed by atoms with E-state index in [2.05, 4.69) is 10.6 Å². The topological polar surface area (TPSA) is 131 Å². The fourth-order valence-corrected chi connectivity index (χ4v) is 5.50. The van der Waals surface area contributed by atoms with Crippen LogP contribution in [0.2, 0.25) is 0 Å².